The molecule has 0 unspecified atom stereocenters. The van der Waals surface area contributed by atoms with Gasteiger partial charge in [0, 0.05) is 18.3 Å². The van der Waals surface area contributed by atoms with Gasteiger partial charge in [0.2, 0.25) is 0 Å². The Labute approximate surface area is 152 Å². The van der Waals surface area contributed by atoms with E-state index < -0.39 is 5.60 Å². The molecule has 4 rings (SSSR count). The van der Waals surface area contributed by atoms with Gasteiger partial charge in [0.1, 0.15) is 0 Å². The molecule has 6 atom stereocenters. The third-order valence-corrected chi connectivity index (χ3v) is 9.13. The Morgan fingerprint density at radius 1 is 1.12 bits per heavy atom. The summed E-state index contributed by atoms with van der Waals surface area (Å²) in [6, 6.07) is 0. The van der Waals surface area contributed by atoms with E-state index >= 15 is 0 Å². The van der Waals surface area contributed by atoms with Crippen molar-refractivity contribution in [2.45, 2.75) is 84.2 Å². The average molecular weight is 341 g/mol. The zero-order valence-corrected chi connectivity index (χ0v) is 16.0. The fourth-order valence-corrected chi connectivity index (χ4v) is 7.55. The summed E-state index contributed by atoms with van der Waals surface area (Å²) < 4.78 is 0. The highest BCUT2D eigenvalue weighted by Crippen LogP contribution is 2.68. The molecule has 0 radical (unpaired) electrons. The van der Waals surface area contributed by atoms with E-state index in [1.165, 1.54) is 18.4 Å². The van der Waals surface area contributed by atoms with Crippen LogP contribution in [0, 0.1) is 40.9 Å². The number of rotatable bonds is 1. The highest BCUT2D eigenvalue weighted by Gasteiger charge is 2.63. The molecule has 0 aliphatic heterocycles. The van der Waals surface area contributed by atoms with Crippen molar-refractivity contribution < 1.29 is 9.90 Å². The van der Waals surface area contributed by atoms with E-state index in [9.17, 15) is 9.90 Å². The van der Waals surface area contributed by atoms with E-state index in [0.717, 1.165) is 44.1 Å². The van der Waals surface area contributed by atoms with Crippen molar-refractivity contribution >= 4 is 5.78 Å². The first kappa shape index (κ1) is 17.3. The lowest BCUT2D eigenvalue weighted by atomic mass is 9.46. The third kappa shape index (κ3) is 2.11. The van der Waals surface area contributed by atoms with Crippen LogP contribution in [0.25, 0.3) is 0 Å². The molecule has 0 aromatic heterocycles. The Kier molecular flexibility index (Phi) is 3.79. The van der Waals surface area contributed by atoms with Gasteiger partial charge in [-0.15, -0.1) is 12.3 Å². The third-order valence-electron chi connectivity index (χ3n) is 9.13. The van der Waals surface area contributed by atoms with Gasteiger partial charge >= 0.3 is 0 Å². The van der Waals surface area contributed by atoms with Crippen molar-refractivity contribution in [2.75, 3.05) is 0 Å². The second-order valence-corrected chi connectivity index (χ2v) is 9.77. The van der Waals surface area contributed by atoms with Gasteiger partial charge in [-0.05, 0) is 80.6 Å². The van der Waals surface area contributed by atoms with Crippen LogP contribution in [-0.4, -0.2) is 16.5 Å². The minimum absolute atomic E-state index is 0.0301. The van der Waals surface area contributed by atoms with Gasteiger partial charge in [-0.3, -0.25) is 4.79 Å². The first-order chi connectivity index (χ1) is 11.8. The molecular weight excluding hydrogens is 308 g/mol. The fraction of sp³-hybridized carbons (Fsp3) is 0.783. The van der Waals surface area contributed by atoms with Gasteiger partial charge in [0.25, 0.3) is 0 Å². The van der Waals surface area contributed by atoms with E-state index in [2.05, 4.69) is 26.7 Å². The second-order valence-electron chi connectivity index (χ2n) is 9.77. The Balaban J connectivity index is 1.70. The molecule has 0 saturated heterocycles. The molecule has 2 heteroatoms. The van der Waals surface area contributed by atoms with Gasteiger partial charge in [-0.2, -0.15) is 0 Å². The van der Waals surface area contributed by atoms with Gasteiger partial charge in [0.05, 0.1) is 5.60 Å². The van der Waals surface area contributed by atoms with Crippen molar-refractivity contribution in [1.82, 2.24) is 0 Å². The smallest absolute Gasteiger partial charge is 0.158 e. The molecule has 2 nitrogen and oxygen atoms in total. The minimum atomic E-state index is -0.674. The summed E-state index contributed by atoms with van der Waals surface area (Å²) in [7, 11) is 0. The number of hydrogen-bond donors (Lipinski definition) is 1. The maximum absolute atomic E-state index is 12.2. The van der Waals surface area contributed by atoms with Crippen molar-refractivity contribution in [3.05, 3.63) is 11.1 Å². The molecule has 3 fully saturated rings. The largest absolute Gasteiger partial charge is 0.388 e. The molecule has 25 heavy (non-hydrogen) atoms. The lowest BCUT2D eigenvalue weighted by molar-refractivity contribution is -0.128. The molecule has 0 aromatic carbocycles. The Hall–Kier alpha value is -1.07. The standard InChI is InChI=1S/C23H32O2/c1-5-11-23(25)14-9-19-16-6-7-17-15(2)20(24)10-12-21(17,3)18(16)8-13-22(19,23)4/h1,16,18-19,25H,6-14H2,2-4H3/t16-,18+,19+,21+,22+,23+/m1/s1. The zero-order chi connectivity index (χ0) is 18.0. The minimum Gasteiger partial charge on any atom is -0.388 e. The van der Waals surface area contributed by atoms with Gasteiger partial charge in [-0.1, -0.05) is 19.4 Å². The monoisotopic (exact) mass is 340 g/mol. The highest BCUT2D eigenvalue weighted by molar-refractivity contribution is 5.96. The Bertz CT molecular complexity index is 683. The number of hydrogen-bond acceptors (Lipinski definition) is 2. The lowest BCUT2D eigenvalue weighted by Crippen LogP contribution is -2.55. The normalized spacial score (nSPS) is 49.2. The van der Waals surface area contributed by atoms with Crippen molar-refractivity contribution in [2.24, 2.45) is 28.6 Å². The quantitative estimate of drug-likeness (QED) is 0.705. The van der Waals surface area contributed by atoms with Crippen LogP contribution < -0.4 is 0 Å². The zero-order valence-electron chi connectivity index (χ0n) is 16.0. The van der Waals surface area contributed by atoms with E-state index in [1.807, 2.05) is 0 Å². The Morgan fingerprint density at radius 2 is 1.84 bits per heavy atom. The molecular formula is C23H32O2. The lowest BCUT2D eigenvalue weighted by Gasteiger charge is -2.59. The number of allylic oxidation sites excluding steroid dienone is 1. The number of ketones is 1. The van der Waals surface area contributed by atoms with Crippen LogP contribution >= 0.6 is 0 Å². The molecule has 4 aliphatic rings. The summed E-state index contributed by atoms with van der Waals surface area (Å²) in [5, 5.41) is 11.3. The van der Waals surface area contributed by atoms with Crippen LogP contribution in [0.15, 0.2) is 11.1 Å². The maximum Gasteiger partial charge on any atom is 0.158 e. The number of terminal acetylenes is 1. The number of fused-ring (bicyclic) bond motifs is 5. The van der Waals surface area contributed by atoms with Crippen LogP contribution in [-0.2, 0) is 4.79 Å². The summed E-state index contributed by atoms with van der Waals surface area (Å²) in [5.74, 6) is 5.06. The maximum atomic E-state index is 12.2. The highest BCUT2D eigenvalue weighted by atomic mass is 16.3. The van der Waals surface area contributed by atoms with Crippen molar-refractivity contribution in [1.29, 1.82) is 0 Å². The van der Waals surface area contributed by atoms with Crippen molar-refractivity contribution in [3.8, 4) is 12.3 Å². The predicted molar refractivity (Wildman–Crippen MR) is 99.7 cm³/mol. The molecule has 3 saturated carbocycles. The van der Waals surface area contributed by atoms with Crippen LogP contribution in [0.3, 0.4) is 0 Å². The van der Waals surface area contributed by atoms with Gasteiger partial charge in [-0.25, -0.2) is 0 Å². The molecule has 0 heterocycles. The number of carbonyl (C=O) groups excluding carboxylic acids is 1. The number of aliphatic hydroxyl groups is 1. The van der Waals surface area contributed by atoms with E-state index in [-0.39, 0.29) is 10.8 Å². The topological polar surface area (TPSA) is 37.3 Å². The summed E-state index contributed by atoms with van der Waals surface area (Å²) in [5.41, 5.74) is 2.03. The molecule has 1 N–H and O–H groups in total. The average Bonchev–Trinajstić information content (AvgIpc) is 2.83. The Morgan fingerprint density at radius 3 is 2.56 bits per heavy atom. The summed E-state index contributed by atoms with van der Waals surface area (Å²) in [6.45, 7) is 6.80. The van der Waals surface area contributed by atoms with Gasteiger partial charge < -0.3 is 5.11 Å². The molecule has 0 amide bonds. The van der Waals surface area contributed by atoms with Gasteiger partial charge in [0.15, 0.2) is 5.78 Å². The molecule has 4 aliphatic carbocycles. The second kappa shape index (κ2) is 5.46. The van der Waals surface area contributed by atoms with E-state index in [0.29, 0.717) is 30.0 Å². The molecule has 136 valence electrons. The van der Waals surface area contributed by atoms with Crippen LogP contribution in [0.2, 0.25) is 0 Å². The first-order valence-electron chi connectivity index (χ1n) is 10.2. The molecule has 0 spiro atoms. The SMILES string of the molecule is C#CC[C@]1(O)CC[C@H]2[C@@H]3CCC4=C(C)C(=O)CC[C@]4(C)[C@H]3CC[C@@]21C. The fourth-order valence-electron chi connectivity index (χ4n) is 7.55. The summed E-state index contributed by atoms with van der Waals surface area (Å²) >= 11 is 0. The van der Waals surface area contributed by atoms with E-state index in [1.54, 1.807) is 0 Å². The van der Waals surface area contributed by atoms with Crippen LogP contribution in [0.1, 0.15) is 78.6 Å². The van der Waals surface area contributed by atoms with E-state index in [4.69, 9.17) is 6.42 Å². The van der Waals surface area contributed by atoms with Crippen LogP contribution in [0.4, 0.5) is 0 Å². The molecule has 0 aromatic rings. The van der Waals surface area contributed by atoms with Crippen LogP contribution in [0.5, 0.6) is 0 Å². The summed E-state index contributed by atoms with van der Waals surface area (Å²) in [4.78, 5) is 12.2. The molecule has 0 bridgehead atoms. The number of carbonyl (C=O) groups is 1. The predicted octanol–water partition coefficient (Wildman–Crippen LogP) is 4.66. The van der Waals surface area contributed by atoms with Crippen molar-refractivity contribution in [3.63, 3.8) is 0 Å². The summed E-state index contributed by atoms with van der Waals surface area (Å²) in [6.07, 6.45) is 14.3. The number of Topliss-reactive ketones (excluding diaryl/α,β-unsaturated/α-hetero) is 1. The first-order valence-corrected chi connectivity index (χ1v) is 10.2.